The highest BCUT2D eigenvalue weighted by atomic mass is 32.1. The van der Waals surface area contributed by atoms with Gasteiger partial charge in [-0.2, -0.15) is 0 Å². The molecule has 0 saturated heterocycles. The van der Waals surface area contributed by atoms with Crippen LogP contribution in [0.4, 0.5) is 5.69 Å². The minimum absolute atomic E-state index is 0.0234. The Bertz CT molecular complexity index is 567. The average molecular weight is 277 g/mol. The lowest BCUT2D eigenvalue weighted by Gasteiger charge is -2.10. The number of thiophene rings is 1. The highest BCUT2D eigenvalue weighted by molar-refractivity contribution is 7.09. The van der Waals surface area contributed by atoms with Crippen molar-refractivity contribution in [1.82, 2.24) is 9.97 Å². The molecule has 100 valence electrons. The Balaban J connectivity index is 2.21. The minimum Gasteiger partial charge on any atom is -0.476 e. The van der Waals surface area contributed by atoms with Crippen LogP contribution in [0, 0.1) is 0 Å². The number of hydrogen-bond donors (Lipinski definition) is 2. The zero-order chi connectivity index (χ0) is 13.8. The molecule has 6 heteroatoms. The molecule has 0 aromatic carbocycles. The molecular weight excluding hydrogens is 262 g/mol. The fraction of sp³-hybridized carbons (Fsp3) is 0.308. The molecule has 2 N–H and O–H groups in total. The van der Waals surface area contributed by atoms with E-state index < -0.39 is 5.97 Å². The van der Waals surface area contributed by atoms with Gasteiger partial charge in [0.1, 0.15) is 5.82 Å². The van der Waals surface area contributed by atoms with Gasteiger partial charge in [-0.15, -0.1) is 11.3 Å². The van der Waals surface area contributed by atoms with Gasteiger partial charge in [-0.1, -0.05) is 19.9 Å². The molecule has 2 aromatic rings. The van der Waals surface area contributed by atoms with Crippen molar-refractivity contribution in [3.63, 3.8) is 0 Å². The highest BCUT2D eigenvalue weighted by Crippen LogP contribution is 2.18. The number of carboxylic acids is 1. The summed E-state index contributed by atoms with van der Waals surface area (Å²) in [6.45, 7) is 4.43. The van der Waals surface area contributed by atoms with Gasteiger partial charge in [0.05, 0.1) is 11.9 Å². The Hall–Kier alpha value is -1.95. The van der Waals surface area contributed by atoms with Crippen LogP contribution >= 0.6 is 11.3 Å². The summed E-state index contributed by atoms with van der Waals surface area (Å²) in [5.41, 5.74) is 0.473. The number of carboxylic acid groups (broad SMARTS) is 1. The normalized spacial score (nSPS) is 10.7. The zero-order valence-corrected chi connectivity index (χ0v) is 11.6. The summed E-state index contributed by atoms with van der Waals surface area (Å²) >= 11 is 1.61. The van der Waals surface area contributed by atoms with Crippen LogP contribution in [0.3, 0.4) is 0 Å². The van der Waals surface area contributed by atoms with Crippen molar-refractivity contribution in [3.8, 4) is 0 Å². The van der Waals surface area contributed by atoms with Gasteiger partial charge < -0.3 is 10.4 Å². The highest BCUT2D eigenvalue weighted by Gasteiger charge is 2.15. The predicted octanol–water partition coefficient (Wildman–Crippen LogP) is 2.97. The lowest BCUT2D eigenvalue weighted by Crippen LogP contribution is -2.11. The van der Waals surface area contributed by atoms with Crippen molar-refractivity contribution in [2.24, 2.45) is 0 Å². The van der Waals surface area contributed by atoms with E-state index in [-0.39, 0.29) is 11.6 Å². The van der Waals surface area contributed by atoms with E-state index in [1.807, 2.05) is 31.4 Å². The molecule has 0 saturated carbocycles. The monoisotopic (exact) mass is 277 g/mol. The molecule has 0 atom stereocenters. The summed E-state index contributed by atoms with van der Waals surface area (Å²) in [6.07, 6.45) is 1.54. The summed E-state index contributed by atoms with van der Waals surface area (Å²) in [5.74, 6) is -0.401. The van der Waals surface area contributed by atoms with Gasteiger partial charge >= 0.3 is 5.97 Å². The Kier molecular flexibility index (Phi) is 4.11. The lowest BCUT2D eigenvalue weighted by atomic mass is 10.2. The second kappa shape index (κ2) is 5.79. The minimum atomic E-state index is -1.04. The number of aromatic carboxylic acids is 1. The van der Waals surface area contributed by atoms with Gasteiger partial charge in [0, 0.05) is 17.3 Å². The van der Waals surface area contributed by atoms with Gasteiger partial charge in [-0.3, -0.25) is 0 Å². The maximum atomic E-state index is 11.2. The standard InChI is InChI=1S/C13H15N3O2S/c1-8(2)12-15-7-10(11(16-12)13(17)18)14-6-9-4-3-5-19-9/h3-5,7-8,14H,6H2,1-2H3,(H,17,18). The van der Waals surface area contributed by atoms with Crippen molar-refractivity contribution in [3.05, 3.63) is 40.1 Å². The lowest BCUT2D eigenvalue weighted by molar-refractivity contribution is 0.0691. The maximum absolute atomic E-state index is 11.2. The van der Waals surface area contributed by atoms with Crippen molar-refractivity contribution < 1.29 is 9.90 Å². The summed E-state index contributed by atoms with van der Waals surface area (Å²) < 4.78 is 0. The Labute approximate surface area is 115 Å². The van der Waals surface area contributed by atoms with E-state index in [4.69, 9.17) is 0 Å². The number of rotatable bonds is 5. The topological polar surface area (TPSA) is 75.1 Å². The molecule has 2 aromatic heterocycles. The summed E-state index contributed by atoms with van der Waals surface area (Å²) in [5, 5.41) is 14.2. The molecule has 0 bridgehead atoms. The van der Waals surface area contributed by atoms with Gasteiger partial charge in [0.2, 0.25) is 0 Å². The third-order valence-corrected chi connectivity index (χ3v) is 3.44. The second-order valence-electron chi connectivity index (χ2n) is 4.38. The first-order valence-electron chi connectivity index (χ1n) is 5.94. The van der Waals surface area contributed by atoms with E-state index in [9.17, 15) is 9.90 Å². The Morgan fingerprint density at radius 1 is 1.53 bits per heavy atom. The van der Waals surface area contributed by atoms with Crippen molar-refractivity contribution in [1.29, 1.82) is 0 Å². The number of nitrogens with zero attached hydrogens (tertiary/aromatic N) is 2. The molecule has 0 amide bonds. The van der Waals surface area contributed by atoms with Crippen molar-refractivity contribution in [2.75, 3.05) is 5.32 Å². The van der Waals surface area contributed by atoms with Crippen LogP contribution in [0.15, 0.2) is 23.7 Å². The van der Waals surface area contributed by atoms with E-state index in [0.29, 0.717) is 18.1 Å². The average Bonchev–Trinajstić information content (AvgIpc) is 2.89. The molecule has 0 fully saturated rings. The van der Waals surface area contributed by atoms with E-state index in [1.165, 1.54) is 0 Å². The Morgan fingerprint density at radius 2 is 2.32 bits per heavy atom. The molecule has 2 heterocycles. The number of anilines is 1. The van der Waals surface area contributed by atoms with Crippen LogP contribution in [-0.4, -0.2) is 21.0 Å². The van der Waals surface area contributed by atoms with E-state index in [1.54, 1.807) is 17.5 Å². The third-order valence-electron chi connectivity index (χ3n) is 2.56. The smallest absolute Gasteiger partial charge is 0.356 e. The van der Waals surface area contributed by atoms with Crippen LogP contribution in [0.1, 0.15) is 41.0 Å². The van der Waals surface area contributed by atoms with Crippen LogP contribution in [-0.2, 0) is 6.54 Å². The largest absolute Gasteiger partial charge is 0.476 e. The first kappa shape index (κ1) is 13.5. The third kappa shape index (κ3) is 3.29. The summed E-state index contributed by atoms with van der Waals surface area (Å²) in [7, 11) is 0. The molecule has 0 unspecified atom stereocenters. The van der Waals surface area contributed by atoms with Crippen LogP contribution in [0.5, 0.6) is 0 Å². The molecule has 0 spiro atoms. The first-order valence-corrected chi connectivity index (χ1v) is 6.82. The second-order valence-corrected chi connectivity index (χ2v) is 5.42. The number of hydrogen-bond acceptors (Lipinski definition) is 5. The van der Waals surface area contributed by atoms with Gasteiger partial charge in [0.15, 0.2) is 5.69 Å². The molecule has 0 aliphatic rings. The molecule has 5 nitrogen and oxygen atoms in total. The van der Waals surface area contributed by atoms with Crippen molar-refractivity contribution in [2.45, 2.75) is 26.3 Å². The first-order chi connectivity index (χ1) is 9.08. The molecule has 2 rings (SSSR count). The SMILES string of the molecule is CC(C)c1ncc(NCc2cccs2)c(C(=O)O)n1. The molecule has 0 aliphatic carbocycles. The Morgan fingerprint density at radius 3 is 2.89 bits per heavy atom. The number of aromatic nitrogens is 2. The van der Waals surface area contributed by atoms with E-state index >= 15 is 0 Å². The number of nitrogens with one attached hydrogen (secondary N) is 1. The van der Waals surface area contributed by atoms with E-state index in [0.717, 1.165) is 4.88 Å². The van der Waals surface area contributed by atoms with E-state index in [2.05, 4.69) is 15.3 Å². The van der Waals surface area contributed by atoms with Gasteiger partial charge in [0.25, 0.3) is 0 Å². The van der Waals surface area contributed by atoms with Gasteiger partial charge in [-0.25, -0.2) is 14.8 Å². The van der Waals surface area contributed by atoms with Crippen LogP contribution < -0.4 is 5.32 Å². The molecular formula is C13H15N3O2S. The number of carbonyl (C=O) groups is 1. The fourth-order valence-electron chi connectivity index (χ4n) is 1.56. The zero-order valence-electron chi connectivity index (χ0n) is 10.8. The quantitative estimate of drug-likeness (QED) is 0.878. The molecule has 0 aliphatic heterocycles. The molecule has 0 radical (unpaired) electrons. The fourth-order valence-corrected chi connectivity index (χ4v) is 2.21. The van der Waals surface area contributed by atoms with Crippen LogP contribution in [0.2, 0.25) is 0 Å². The predicted molar refractivity (Wildman–Crippen MR) is 74.7 cm³/mol. The van der Waals surface area contributed by atoms with Crippen LogP contribution in [0.25, 0.3) is 0 Å². The summed E-state index contributed by atoms with van der Waals surface area (Å²) in [4.78, 5) is 20.6. The molecule has 19 heavy (non-hydrogen) atoms. The maximum Gasteiger partial charge on any atom is 0.356 e. The van der Waals surface area contributed by atoms with Gasteiger partial charge in [-0.05, 0) is 11.4 Å². The summed E-state index contributed by atoms with van der Waals surface area (Å²) in [6, 6.07) is 3.94. The van der Waals surface area contributed by atoms with Crippen molar-refractivity contribution >= 4 is 23.0 Å².